The first-order chi connectivity index (χ1) is 7.63. The molecule has 1 aromatic heterocycles. The van der Waals surface area contributed by atoms with Gasteiger partial charge in [-0.3, -0.25) is 4.79 Å². The molecule has 0 saturated carbocycles. The summed E-state index contributed by atoms with van der Waals surface area (Å²) in [5.74, 6) is 0. The van der Waals surface area contributed by atoms with Crippen LogP contribution in [-0.2, 0) is 4.74 Å². The Bertz CT molecular complexity index is 452. The zero-order chi connectivity index (χ0) is 12.1. The molecule has 0 aliphatic carbocycles. The summed E-state index contributed by atoms with van der Waals surface area (Å²) in [4.78, 5) is 14.8. The van der Waals surface area contributed by atoms with Crippen molar-refractivity contribution in [2.45, 2.75) is 13.8 Å². The van der Waals surface area contributed by atoms with Crippen molar-refractivity contribution < 1.29 is 9.53 Å². The van der Waals surface area contributed by atoms with Crippen molar-refractivity contribution in [3.8, 4) is 0 Å². The van der Waals surface area contributed by atoms with E-state index in [4.69, 9.17) is 0 Å². The van der Waals surface area contributed by atoms with E-state index in [0.717, 1.165) is 22.1 Å². The number of hydrogen-bond donors (Lipinski definition) is 0. The Morgan fingerprint density at radius 1 is 1.25 bits per heavy atom. The molecule has 4 heteroatoms. The zero-order valence-corrected chi connectivity index (χ0v) is 10.7. The number of ether oxygens (including phenoxy) is 1. The molecule has 0 fully saturated rings. The molecule has 2 aromatic rings. The number of aryl methyl sites for hydroxylation is 2. The molecule has 0 N–H and O–H groups in total. The highest BCUT2D eigenvalue weighted by Crippen LogP contribution is 2.26. The molecule has 3 nitrogen and oxygen atoms in total. The third-order valence-electron chi connectivity index (χ3n) is 2.06. The Balaban J connectivity index is 0.000000386. The van der Waals surface area contributed by atoms with Crippen molar-refractivity contribution in [2.75, 3.05) is 14.2 Å². The van der Waals surface area contributed by atoms with E-state index in [9.17, 15) is 4.79 Å². The summed E-state index contributed by atoms with van der Waals surface area (Å²) in [5.41, 5.74) is 3.28. The van der Waals surface area contributed by atoms with Gasteiger partial charge in [0, 0.05) is 14.2 Å². The smallest absolute Gasteiger partial charge is 0.178 e. The van der Waals surface area contributed by atoms with Gasteiger partial charge in [-0.2, -0.15) is 0 Å². The highest BCUT2D eigenvalue weighted by molar-refractivity contribution is 7.20. The summed E-state index contributed by atoms with van der Waals surface area (Å²) in [6.07, 6.45) is 0.809. The average molecular weight is 237 g/mol. The quantitative estimate of drug-likeness (QED) is 0.716. The summed E-state index contributed by atoms with van der Waals surface area (Å²) in [7, 11) is 3.25. The second kappa shape index (κ2) is 5.72. The lowest BCUT2D eigenvalue weighted by molar-refractivity contribution is 0.112. The van der Waals surface area contributed by atoms with Gasteiger partial charge in [-0.15, -0.1) is 11.3 Å². The Morgan fingerprint density at radius 2 is 1.81 bits per heavy atom. The molecule has 0 spiro atoms. The Labute approximate surface area is 99.1 Å². The van der Waals surface area contributed by atoms with E-state index in [1.165, 1.54) is 16.9 Å². The maximum atomic E-state index is 10.5. The van der Waals surface area contributed by atoms with Crippen molar-refractivity contribution in [3.05, 3.63) is 28.3 Å². The first-order valence-corrected chi connectivity index (χ1v) is 5.67. The number of hydrogen-bond acceptors (Lipinski definition) is 4. The number of rotatable bonds is 1. The van der Waals surface area contributed by atoms with E-state index >= 15 is 0 Å². The predicted octanol–water partition coefficient (Wildman–Crippen LogP) is 2.99. The lowest BCUT2D eigenvalue weighted by atomic mass is 10.1. The van der Waals surface area contributed by atoms with E-state index in [-0.39, 0.29) is 0 Å². The van der Waals surface area contributed by atoms with E-state index in [1.807, 2.05) is 19.9 Å². The summed E-state index contributed by atoms with van der Waals surface area (Å²) < 4.78 is 5.38. The third-order valence-corrected chi connectivity index (χ3v) is 3.18. The van der Waals surface area contributed by atoms with Gasteiger partial charge in [0.15, 0.2) is 11.3 Å². The number of aldehydes is 1. The van der Waals surface area contributed by atoms with Crippen LogP contribution >= 0.6 is 11.3 Å². The number of benzene rings is 1. The van der Waals surface area contributed by atoms with Crippen LogP contribution in [0.15, 0.2) is 12.1 Å². The van der Waals surface area contributed by atoms with Crippen molar-refractivity contribution in [3.63, 3.8) is 0 Å². The van der Waals surface area contributed by atoms with Crippen LogP contribution in [0.3, 0.4) is 0 Å². The van der Waals surface area contributed by atoms with Gasteiger partial charge < -0.3 is 4.74 Å². The van der Waals surface area contributed by atoms with Crippen molar-refractivity contribution in [1.29, 1.82) is 0 Å². The van der Waals surface area contributed by atoms with Gasteiger partial charge in [-0.1, -0.05) is 12.1 Å². The van der Waals surface area contributed by atoms with Crippen LogP contribution in [0.5, 0.6) is 0 Å². The second-order valence-corrected chi connectivity index (χ2v) is 4.49. The van der Waals surface area contributed by atoms with E-state index in [2.05, 4.69) is 15.8 Å². The minimum Gasteiger partial charge on any atom is -0.388 e. The molecular formula is C12H15NO2S. The van der Waals surface area contributed by atoms with Gasteiger partial charge in [0.1, 0.15) is 0 Å². The standard InChI is InChI=1S/C10H9NOS.C2H6O/c1-6-3-4-7(2)10-9(6)11-8(5-12)13-10;1-3-2/h3-5H,1-2H3;1-2H3. The zero-order valence-electron chi connectivity index (χ0n) is 9.90. The van der Waals surface area contributed by atoms with E-state index in [0.29, 0.717) is 5.01 Å². The molecule has 1 heterocycles. The Kier molecular flexibility index (Phi) is 4.58. The van der Waals surface area contributed by atoms with Crippen molar-refractivity contribution >= 4 is 27.8 Å². The minimum absolute atomic E-state index is 0.562. The number of carbonyl (C=O) groups is 1. The molecule has 0 radical (unpaired) electrons. The summed E-state index contributed by atoms with van der Waals surface area (Å²) in [5, 5.41) is 0.562. The number of nitrogens with zero attached hydrogens (tertiary/aromatic N) is 1. The normalized spacial score (nSPS) is 9.75. The lowest BCUT2D eigenvalue weighted by Crippen LogP contribution is -1.79. The summed E-state index contributed by atoms with van der Waals surface area (Å²) >= 11 is 1.46. The maximum Gasteiger partial charge on any atom is 0.178 e. The number of carbonyl (C=O) groups excluding carboxylic acids is 1. The van der Waals surface area contributed by atoms with Gasteiger partial charge in [0.2, 0.25) is 0 Å². The Hall–Kier alpha value is -1.26. The highest BCUT2D eigenvalue weighted by atomic mass is 32.1. The maximum absolute atomic E-state index is 10.5. The monoisotopic (exact) mass is 237 g/mol. The largest absolute Gasteiger partial charge is 0.388 e. The van der Waals surface area contributed by atoms with Gasteiger partial charge in [0.05, 0.1) is 10.2 Å². The molecule has 0 saturated heterocycles. The van der Waals surface area contributed by atoms with E-state index < -0.39 is 0 Å². The fraction of sp³-hybridized carbons (Fsp3) is 0.333. The number of aromatic nitrogens is 1. The molecule has 0 aliphatic heterocycles. The van der Waals surface area contributed by atoms with Crippen molar-refractivity contribution in [2.24, 2.45) is 0 Å². The fourth-order valence-corrected chi connectivity index (χ4v) is 2.25. The molecule has 0 bridgehead atoms. The first kappa shape index (κ1) is 12.8. The lowest BCUT2D eigenvalue weighted by Gasteiger charge is -1.96. The van der Waals surface area contributed by atoms with Crippen molar-refractivity contribution in [1.82, 2.24) is 4.98 Å². The van der Waals surface area contributed by atoms with Crippen LogP contribution in [0.2, 0.25) is 0 Å². The van der Waals surface area contributed by atoms with Gasteiger partial charge in [-0.05, 0) is 25.0 Å². The van der Waals surface area contributed by atoms with Crippen LogP contribution in [0.25, 0.3) is 10.2 Å². The molecular weight excluding hydrogens is 222 g/mol. The number of methoxy groups -OCH3 is 1. The summed E-state index contributed by atoms with van der Waals surface area (Å²) in [6.45, 7) is 4.05. The van der Waals surface area contributed by atoms with E-state index in [1.54, 1.807) is 14.2 Å². The van der Waals surface area contributed by atoms with Crippen LogP contribution in [0, 0.1) is 13.8 Å². The fourth-order valence-electron chi connectivity index (χ4n) is 1.33. The molecule has 0 unspecified atom stereocenters. The first-order valence-electron chi connectivity index (χ1n) is 4.86. The topological polar surface area (TPSA) is 39.2 Å². The van der Waals surface area contributed by atoms with Crippen LogP contribution in [0.1, 0.15) is 20.9 Å². The third kappa shape index (κ3) is 2.65. The molecule has 0 atom stereocenters. The van der Waals surface area contributed by atoms with Gasteiger partial charge in [0.25, 0.3) is 0 Å². The van der Waals surface area contributed by atoms with Crippen LogP contribution in [0.4, 0.5) is 0 Å². The molecule has 1 aromatic carbocycles. The van der Waals surface area contributed by atoms with Crippen LogP contribution < -0.4 is 0 Å². The predicted molar refractivity (Wildman–Crippen MR) is 67.4 cm³/mol. The summed E-state index contributed by atoms with van der Waals surface area (Å²) in [6, 6.07) is 4.09. The molecule has 0 amide bonds. The number of fused-ring (bicyclic) bond motifs is 1. The molecule has 2 rings (SSSR count). The number of thiazole rings is 1. The molecule has 16 heavy (non-hydrogen) atoms. The Morgan fingerprint density at radius 3 is 2.31 bits per heavy atom. The molecule has 0 aliphatic rings. The molecule has 86 valence electrons. The second-order valence-electron chi connectivity index (χ2n) is 3.46. The van der Waals surface area contributed by atoms with Gasteiger partial charge >= 0.3 is 0 Å². The van der Waals surface area contributed by atoms with Gasteiger partial charge in [-0.25, -0.2) is 4.98 Å². The minimum atomic E-state index is 0.562. The average Bonchev–Trinajstić information content (AvgIpc) is 2.70. The SMILES string of the molecule is COC.Cc1ccc(C)c2sc(C=O)nc12. The van der Waals surface area contributed by atoms with Crippen LogP contribution in [-0.4, -0.2) is 25.5 Å². The highest BCUT2D eigenvalue weighted by Gasteiger charge is 2.06.